The molecule has 0 radical (unpaired) electrons. The van der Waals surface area contributed by atoms with Crippen LogP contribution >= 0.6 is 0 Å². The molecule has 0 bridgehead atoms. The van der Waals surface area contributed by atoms with Crippen molar-refractivity contribution in [1.82, 2.24) is 0 Å². The summed E-state index contributed by atoms with van der Waals surface area (Å²) in [5.41, 5.74) is 1.92. The van der Waals surface area contributed by atoms with Crippen LogP contribution in [0.3, 0.4) is 0 Å². The van der Waals surface area contributed by atoms with Gasteiger partial charge in [0.25, 0.3) is 0 Å². The molecule has 0 aliphatic carbocycles. The molecule has 33 heavy (non-hydrogen) atoms. The van der Waals surface area contributed by atoms with E-state index in [0.29, 0.717) is 11.8 Å². The maximum atomic E-state index is 12.2. The van der Waals surface area contributed by atoms with Crippen molar-refractivity contribution in [3.8, 4) is 0 Å². The van der Waals surface area contributed by atoms with Crippen LogP contribution in [0.5, 0.6) is 0 Å². The monoisotopic (exact) mass is 482 g/mol. The first-order valence-electron chi connectivity index (χ1n) is 13.0. The van der Waals surface area contributed by atoms with Gasteiger partial charge >= 0.3 is 29.6 Å². The van der Waals surface area contributed by atoms with Gasteiger partial charge in [0, 0.05) is 0 Å². The summed E-state index contributed by atoms with van der Waals surface area (Å²) in [5, 5.41) is 1.54. The molecule has 0 heterocycles. The topological polar surface area (TPSA) is 57.2 Å². The number of benzene rings is 2. The number of hydrogen-bond donors (Lipinski definition) is 0. The first-order chi connectivity index (χ1) is 15.5. The van der Waals surface area contributed by atoms with Gasteiger partial charge in [-0.3, -0.25) is 0 Å². The Labute approximate surface area is 225 Å². The van der Waals surface area contributed by atoms with Gasteiger partial charge in [-0.25, -0.2) is 8.42 Å². The van der Waals surface area contributed by atoms with E-state index in [0.717, 1.165) is 36.6 Å². The fourth-order valence-electron chi connectivity index (χ4n) is 4.72. The molecule has 0 aromatic heterocycles. The van der Waals surface area contributed by atoms with Gasteiger partial charge in [0.1, 0.15) is 10.1 Å². The summed E-state index contributed by atoms with van der Waals surface area (Å²) >= 11 is 0. The fourth-order valence-corrected chi connectivity index (χ4v) is 5.65. The van der Waals surface area contributed by atoms with Crippen LogP contribution < -0.4 is 29.6 Å². The van der Waals surface area contributed by atoms with Crippen molar-refractivity contribution in [2.75, 3.05) is 0 Å². The number of unbranched alkanes of at least 4 members (excludes halogenated alkanes) is 12. The van der Waals surface area contributed by atoms with E-state index in [2.05, 4.69) is 13.8 Å². The van der Waals surface area contributed by atoms with Gasteiger partial charge in [-0.2, -0.15) is 0 Å². The Hall–Kier alpha value is -0.390. The Balaban J connectivity index is 0.00000544. The van der Waals surface area contributed by atoms with Crippen molar-refractivity contribution < 1.29 is 42.5 Å². The maximum absolute atomic E-state index is 12.2. The quantitative estimate of drug-likeness (QED) is 0.174. The first-order valence-corrected chi connectivity index (χ1v) is 14.4. The van der Waals surface area contributed by atoms with E-state index >= 15 is 0 Å². The Morgan fingerprint density at radius 1 is 0.636 bits per heavy atom. The molecular weight excluding hydrogens is 439 g/mol. The van der Waals surface area contributed by atoms with Crippen LogP contribution in [0.15, 0.2) is 35.2 Å². The second-order valence-corrected chi connectivity index (χ2v) is 10.6. The van der Waals surface area contributed by atoms with Crippen LogP contribution in [-0.4, -0.2) is 13.0 Å². The summed E-state index contributed by atoms with van der Waals surface area (Å²) in [4.78, 5) is 0.0161. The molecule has 0 saturated heterocycles. The Bertz CT molecular complexity index is 909. The van der Waals surface area contributed by atoms with E-state index in [-0.39, 0.29) is 34.5 Å². The van der Waals surface area contributed by atoms with E-state index in [1.54, 1.807) is 0 Å². The molecule has 180 valence electrons. The van der Waals surface area contributed by atoms with Crippen molar-refractivity contribution in [3.05, 3.63) is 41.5 Å². The van der Waals surface area contributed by atoms with Gasteiger partial charge in [0.15, 0.2) is 0 Å². The Morgan fingerprint density at radius 2 is 1.06 bits per heavy atom. The molecule has 0 aliphatic rings. The van der Waals surface area contributed by atoms with E-state index in [1.165, 1.54) is 76.2 Å². The number of rotatable bonds is 17. The minimum absolute atomic E-state index is 0. The van der Waals surface area contributed by atoms with Gasteiger partial charge in [0.05, 0.1) is 4.90 Å². The van der Waals surface area contributed by atoms with E-state index < -0.39 is 10.1 Å². The fraction of sp³-hybridized carbons (Fsp3) is 0.643. The molecule has 5 heteroatoms. The van der Waals surface area contributed by atoms with Gasteiger partial charge in [-0.05, 0) is 47.6 Å². The maximum Gasteiger partial charge on any atom is 1.00 e. The molecule has 2 rings (SSSR count). The molecule has 0 unspecified atom stereocenters. The molecule has 2 aromatic carbocycles. The van der Waals surface area contributed by atoms with Crippen LogP contribution in [-0.2, 0) is 23.0 Å². The molecular formula is C28H43NaO3S. The predicted molar refractivity (Wildman–Crippen MR) is 135 cm³/mol. The molecule has 0 N–H and O–H groups in total. The molecule has 0 amide bonds. The van der Waals surface area contributed by atoms with Gasteiger partial charge < -0.3 is 4.55 Å². The van der Waals surface area contributed by atoms with Crippen LogP contribution in [0.4, 0.5) is 0 Å². The van der Waals surface area contributed by atoms with E-state index in [9.17, 15) is 13.0 Å². The molecule has 3 nitrogen and oxygen atoms in total. The van der Waals surface area contributed by atoms with Crippen LogP contribution in [0.25, 0.3) is 10.8 Å². The van der Waals surface area contributed by atoms with E-state index in [1.807, 2.05) is 30.3 Å². The normalized spacial score (nSPS) is 11.6. The molecule has 2 aromatic rings. The van der Waals surface area contributed by atoms with Gasteiger partial charge in [0.2, 0.25) is 0 Å². The smallest absolute Gasteiger partial charge is 0.744 e. The summed E-state index contributed by atoms with van der Waals surface area (Å²) in [6.45, 7) is 4.45. The SMILES string of the molecule is CCCCCCCCCc1cc(CCCCCCCCC)c2ccccc2c1S(=O)(=O)[O-].[Na+]. The zero-order valence-electron chi connectivity index (χ0n) is 21.3. The first kappa shape index (κ1) is 30.6. The number of aryl methyl sites for hydroxylation is 2. The second-order valence-electron chi connectivity index (χ2n) is 9.27. The van der Waals surface area contributed by atoms with Crippen LogP contribution in [0.2, 0.25) is 0 Å². The summed E-state index contributed by atoms with van der Waals surface area (Å²) in [6.07, 6.45) is 18.6. The zero-order chi connectivity index (χ0) is 23.2. The van der Waals surface area contributed by atoms with Crippen molar-refractivity contribution in [2.45, 2.75) is 121 Å². The minimum atomic E-state index is -4.52. The zero-order valence-corrected chi connectivity index (χ0v) is 24.1. The van der Waals surface area contributed by atoms with Gasteiger partial charge in [-0.15, -0.1) is 0 Å². The van der Waals surface area contributed by atoms with Crippen molar-refractivity contribution >= 4 is 20.9 Å². The van der Waals surface area contributed by atoms with Gasteiger partial charge in [-0.1, -0.05) is 121 Å². The van der Waals surface area contributed by atoms with Crippen LogP contribution in [0.1, 0.15) is 115 Å². The predicted octanol–water partition coefficient (Wildman–Crippen LogP) is 5.33. The number of fused-ring (bicyclic) bond motifs is 1. The van der Waals surface area contributed by atoms with Crippen molar-refractivity contribution in [3.63, 3.8) is 0 Å². The second kappa shape index (κ2) is 17.1. The third kappa shape index (κ3) is 10.8. The molecule has 0 aliphatic heterocycles. The Kier molecular flexibility index (Phi) is 15.9. The molecule has 0 saturated carbocycles. The van der Waals surface area contributed by atoms with E-state index in [4.69, 9.17) is 0 Å². The van der Waals surface area contributed by atoms with Crippen molar-refractivity contribution in [2.24, 2.45) is 0 Å². The summed E-state index contributed by atoms with van der Waals surface area (Å²) < 4.78 is 36.6. The largest absolute Gasteiger partial charge is 1.00 e. The third-order valence-corrected chi connectivity index (χ3v) is 7.49. The average Bonchev–Trinajstić information content (AvgIpc) is 2.76. The van der Waals surface area contributed by atoms with Crippen molar-refractivity contribution in [1.29, 1.82) is 0 Å². The Morgan fingerprint density at radius 3 is 1.55 bits per heavy atom. The summed E-state index contributed by atoms with van der Waals surface area (Å²) in [6, 6.07) is 9.59. The van der Waals surface area contributed by atoms with Crippen LogP contribution in [0, 0.1) is 0 Å². The summed E-state index contributed by atoms with van der Waals surface area (Å²) in [7, 11) is -4.52. The minimum Gasteiger partial charge on any atom is -0.744 e. The molecule has 0 fully saturated rings. The average molecular weight is 483 g/mol. The molecule has 0 atom stereocenters. The standard InChI is InChI=1S/C28H44O3S.Na/c1-3-5-7-9-11-13-15-19-24-23-25(20-16-14-12-10-8-6-4-2)28(32(29,30)31)27-22-18-17-21-26(24)27;/h17-18,21-23H,3-16,19-20H2,1-2H3,(H,29,30,31);/q;+1/p-1. The summed E-state index contributed by atoms with van der Waals surface area (Å²) in [5.74, 6) is 0. The number of hydrogen-bond acceptors (Lipinski definition) is 3. The molecule has 0 spiro atoms. The third-order valence-electron chi connectivity index (χ3n) is 6.51.